The molecule has 1 amide bonds. The number of nitrogens with one attached hydrogen (secondary N) is 1. The molecule has 1 aliphatic rings. The van der Waals surface area contributed by atoms with E-state index in [-0.39, 0.29) is 17.4 Å². The number of fused-ring (bicyclic) bond motifs is 2. The molecule has 0 bridgehead atoms. The Kier molecular flexibility index (Phi) is 8.34. The molecule has 4 aromatic rings. The molecule has 0 saturated heterocycles. The largest absolute Gasteiger partial charge is 0.458 e. The topological polar surface area (TPSA) is 77.8 Å². The maximum absolute atomic E-state index is 13.3. The number of carbonyl (C=O) groups is 1. The minimum Gasteiger partial charge on any atom is -0.458 e. The van der Waals surface area contributed by atoms with Gasteiger partial charge in [-0.3, -0.25) is 14.5 Å². The van der Waals surface area contributed by atoms with Gasteiger partial charge in [0.15, 0.2) is 21.6 Å². The number of alkyl halides is 2. The van der Waals surface area contributed by atoms with Crippen LogP contribution in [0.15, 0.2) is 42.1 Å². The molecule has 0 saturated carbocycles. The van der Waals surface area contributed by atoms with E-state index in [0.29, 0.717) is 32.8 Å². The summed E-state index contributed by atoms with van der Waals surface area (Å²) in [5, 5.41) is 5.31. The minimum atomic E-state index is -3.01. The Labute approximate surface area is 221 Å². The van der Waals surface area contributed by atoms with Gasteiger partial charge in [-0.1, -0.05) is 32.6 Å². The van der Waals surface area contributed by atoms with Crippen LogP contribution < -0.4 is 14.8 Å². The van der Waals surface area contributed by atoms with Crippen molar-refractivity contribution in [2.45, 2.75) is 46.6 Å². The molecule has 0 atom stereocenters. The highest BCUT2D eigenvalue weighted by Crippen LogP contribution is 2.35. The first-order chi connectivity index (χ1) is 17.9. The van der Waals surface area contributed by atoms with E-state index in [0.717, 1.165) is 25.0 Å². The van der Waals surface area contributed by atoms with E-state index in [1.807, 2.05) is 19.2 Å². The zero-order chi connectivity index (χ0) is 26.5. The normalized spacial score (nSPS) is 12.5. The van der Waals surface area contributed by atoms with Gasteiger partial charge in [-0.15, -0.1) is 22.7 Å². The van der Waals surface area contributed by atoms with Crippen LogP contribution in [0.3, 0.4) is 0 Å². The zero-order valence-corrected chi connectivity index (χ0v) is 22.2. The predicted molar refractivity (Wildman–Crippen MR) is 144 cm³/mol. The lowest BCUT2D eigenvalue weighted by atomic mass is 10.1. The Hall–Kier alpha value is -3.57. The van der Waals surface area contributed by atoms with Crippen molar-refractivity contribution in [3.63, 3.8) is 0 Å². The summed E-state index contributed by atoms with van der Waals surface area (Å²) in [6.45, 7) is 6.28. The first kappa shape index (κ1) is 26.5. The number of benzene rings is 1. The summed E-state index contributed by atoms with van der Waals surface area (Å²) in [6.07, 6.45) is 8.06. The van der Waals surface area contributed by atoms with E-state index in [1.165, 1.54) is 33.6 Å². The molecular weight excluding hydrogens is 518 g/mol. The number of allylic oxidation sites excluding steroid dienone is 1. The number of aryl methyl sites for hydroxylation is 2. The maximum Gasteiger partial charge on any atom is 0.387 e. The number of nitrogens with zero attached hydrogens (tertiary/aromatic N) is 3. The molecule has 0 spiro atoms. The van der Waals surface area contributed by atoms with Crippen LogP contribution in [0.1, 0.15) is 59.5 Å². The summed E-state index contributed by atoms with van der Waals surface area (Å²) in [4.78, 5) is 24.2. The van der Waals surface area contributed by atoms with Crippen molar-refractivity contribution < 1.29 is 23.0 Å². The smallest absolute Gasteiger partial charge is 0.387 e. The van der Waals surface area contributed by atoms with Crippen molar-refractivity contribution in [2.75, 3.05) is 5.32 Å². The number of aromatic nitrogens is 3. The molecule has 0 radical (unpaired) electrons. The van der Waals surface area contributed by atoms with Gasteiger partial charge in [0, 0.05) is 22.0 Å². The number of para-hydroxylation sites is 1. The van der Waals surface area contributed by atoms with E-state index in [1.54, 1.807) is 41.8 Å². The fourth-order valence-corrected chi connectivity index (χ4v) is 5.62. The van der Waals surface area contributed by atoms with Gasteiger partial charge in [-0.25, -0.2) is 9.97 Å². The van der Waals surface area contributed by atoms with Crippen LogP contribution in [0.2, 0.25) is 0 Å². The lowest BCUT2D eigenvalue weighted by Crippen LogP contribution is -2.15. The number of carbonyl (C=O) groups excluding carboxylic acids is 1. The molecule has 194 valence electrons. The third-order valence-electron chi connectivity index (χ3n) is 5.24. The molecule has 3 aromatic heterocycles. The number of anilines is 1. The van der Waals surface area contributed by atoms with Crippen molar-refractivity contribution >= 4 is 50.8 Å². The number of amides is 1. The number of imidazole rings is 1. The Bertz CT molecular complexity index is 1430. The van der Waals surface area contributed by atoms with E-state index in [9.17, 15) is 13.6 Å². The van der Waals surface area contributed by atoms with E-state index in [2.05, 4.69) is 26.6 Å². The second-order valence-electron chi connectivity index (χ2n) is 7.79. The first-order valence-electron chi connectivity index (χ1n) is 11.7. The second kappa shape index (κ2) is 11.7. The highest BCUT2D eigenvalue weighted by Gasteiger charge is 2.23. The van der Waals surface area contributed by atoms with Crippen LogP contribution in [0.4, 0.5) is 13.9 Å². The molecule has 5 rings (SSSR count). The molecule has 7 nitrogen and oxygen atoms in total. The number of hydrogen-bond donors (Lipinski definition) is 1. The van der Waals surface area contributed by atoms with Crippen molar-refractivity contribution in [1.82, 2.24) is 14.4 Å². The average molecular weight is 545 g/mol. The number of thiazole rings is 2. The molecule has 0 aliphatic heterocycles. The highest BCUT2D eigenvalue weighted by molar-refractivity contribution is 7.16. The van der Waals surface area contributed by atoms with Crippen molar-refractivity contribution in [2.24, 2.45) is 0 Å². The fourth-order valence-electron chi connectivity index (χ4n) is 3.85. The standard InChI is InChI=1S/C24H20F2N4O3S2.C2H6/c1-13(2)32-20-14(5-3-7-17(20)33-22(25)26)9-10-16-19(30-11-12-34-24(30)28-16)21(31)29-23-27-15-6-4-8-18(15)35-23;1-2/h3,5,7,9-12,22H,1,4,6,8H2,2H3,(H,27,29,31);1-2H3/b10-9+;. The average Bonchev–Trinajstić information content (AvgIpc) is 3.61. The number of ether oxygens (including phenoxy) is 2. The molecule has 1 N–H and O–H groups in total. The van der Waals surface area contributed by atoms with Crippen LogP contribution in [-0.4, -0.2) is 26.9 Å². The first-order valence-corrected chi connectivity index (χ1v) is 13.4. The van der Waals surface area contributed by atoms with Crippen LogP contribution in [-0.2, 0) is 12.8 Å². The summed E-state index contributed by atoms with van der Waals surface area (Å²) in [7, 11) is 0. The summed E-state index contributed by atoms with van der Waals surface area (Å²) in [5.74, 6) is -0.0503. The summed E-state index contributed by atoms with van der Waals surface area (Å²) in [6, 6.07) is 4.64. The number of hydrogen-bond acceptors (Lipinski definition) is 7. The van der Waals surface area contributed by atoms with Gasteiger partial charge in [-0.05, 0) is 44.4 Å². The highest BCUT2D eigenvalue weighted by atomic mass is 32.1. The summed E-state index contributed by atoms with van der Waals surface area (Å²) < 4.78 is 37.7. The van der Waals surface area contributed by atoms with Crippen molar-refractivity contribution in [3.05, 3.63) is 69.6 Å². The molecule has 0 unspecified atom stereocenters. The van der Waals surface area contributed by atoms with Gasteiger partial charge in [-0.2, -0.15) is 8.78 Å². The maximum atomic E-state index is 13.3. The van der Waals surface area contributed by atoms with E-state index < -0.39 is 6.61 Å². The minimum absolute atomic E-state index is 0.0980. The van der Waals surface area contributed by atoms with Crippen molar-refractivity contribution in [3.8, 4) is 11.5 Å². The summed E-state index contributed by atoms with van der Waals surface area (Å²) >= 11 is 2.89. The third kappa shape index (κ3) is 5.89. The molecule has 1 aliphatic carbocycles. The molecule has 37 heavy (non-hydrogen) atoms. The summed E-state index contributed by atoms with van der Waals surface area (Å²) in [5.41, 5.74) is 2.27. The second-order valence-corrected chi connectivity index (χ2v) is 9.74. The SMILES string of the molecule is C=C(C)Oc1c(/C=C/c2nc3sccn3c2C(=O)Nc2nc3c(s2)CCC3)cccc1OC(F)F.CC. The van der Waals surface area contributed by atoms with E-state index >= 15 is 0 Å². The van der Waals surface area contributed by atoms with Gasteiger partial charge >= 0.3 is 6.61 Å². The molecule has 11 heteroatoms. The van der Waals surface area contributed by atoms with Gasteiger partial charge in [0.2, 0.25) is 0 Å². The van der Waals surface area contributed by atoms with E-state index in [4.69, 9.17) is 4.74 Å². The molecule has 0 fully saturated rings. The Morgan fingerprint density at radius 3 is 2.78 bits per heavy atom. The third-order valence-corrected chi connectivity index (χ3v) is 7.07. The quantitative estimate of drug-likeness (QED) is 0.236. The Balaban J connectivity index is 0.00000156. The number of rotatable bonds is 8. The fraction of sp³-hybridized carbons (Fsp3) is 0.269. The lowest BCUT2D eigenvalue weighted by molar-refractivity contribution is -0.0511. The van der Waals surface area contributed by atoms with Gasteiger partial charge in [0.05, 0.1) is 17.1 Å². The van der Waals surface area contributed by atoms with Crippen molar-refractivity contribution in [1.29, 1.82) is 0 Å². The van der Waals surface area contributed by atoms with Crippen LogP contribution in [0.5, 0.6) is 11.5 Å². The van der Waals surface area contributed by atoms with Crippen LogP contribution >= 0.6 is 22.7 Å². The van der Waals surface area contributed by atoms with Gasteiger partial charge < -0.3 is 9.47 Å². The van der Waals surface area contributed by atoms with Gasteiger partial charge in [0.1, 0.15) is 5.69 Å². The van der Waals surface area contributed by atoms with Gasteiger partial charge in [0.25, 0.3) is 5.91 Å². The van der Waals surface area contributed by atoms with Crippen LogP contribution in [0.25, 0.3) is 17.1 Å². The molecule has 3 heterocycles. The molecular formula is C26H26F2N4O3S2. The van der Waals surface area contributed by atoms with Crippen LogP contribution in [0, 0.1) is 0 Å². The molecule has 1 aromatic carbocycles. The Morgan fingerprint density at radius 1 is 1.24 bits per heavy atom. The lowest BCUT2D eigenvalue weighted by Gasteiger charge is -2.14. The monoisotopic (exact) mass is 544 g/mol. The number of halogens is 2. The predicted octanol–water partition coefficient (Wildman–Crippen LogP) is 7.30. The zero-order valence-electron chi connectivity index (χ0n) is 20.6. The Morgan fingerprint density at radius 2 is 2.05 bits per heavy atom.